The lowest BCUT2D eigenvalue weighted by Gasteiger charge is -2.35. The first kappa shape index (κ1) is 18.4. The molecule has 1 saturated heterocycles. The van der Waals surface area contributed by atoms with Gasteiger partial charge >= 0.3 is 5.97 Å². The third kappa shape index (κ3) is 5.94. The molecule has 0 spiro atoms. The molecule has 0 aliphatic carbocycles. The zero-order chi connectivity index (χ0) is 17.5. The summed E-state index contributed by atoms with van der Waals surface area (Å²) in [5.41, 5.74) is 2.30. The minimum Gasteiger partial charge on any atom is -0.480 e. The van der Waals surface area contributed by atoms with Gasteiger partial charge in [-0.3, -0.25) is 19.4 Å². The molecule has 1 aromatic carbocycles. The van der Waals surface area contributed by atoms with Gasteiger partial charge in [0.15, 0.2) is 0 Å². The molecule has 6 nitrogen and oxygen atoms in total. The summed E-state index contributed by atoms with van der Waals surface area (Å²) in [6, 6.07) is 8.40. The number of carboxylic acid groups (broad SMARTS) is 1. The Kier molecular flexibility index (Phi) is 6.75. The fourth-order valence-corrected chi connectivity index (χ4v) is 3.14. The van der Waals surface area contributed by atoms with Crippen molar-refractivity contribution in [1.29, 1.82) is 0 Å². The highest BCUT2D eigenvalue weighted by molar-refractivity contribution is 5.78. The Morgan fingerprint density at radius 2 is 2.04 bits per heavy atom. The van der Waals surface area contributed by atoms with E-state index in [-0.39, 0.29) is 18.5 Å². The first-order valence-corrected chi connectivity index (χ1v) is 8.40. The first-order chi connectivity index (χ1) is 11.4. The summed E-state index contributed by atoms with van der Waals surface area (Å²) in [5, 5.41) is 11.8. The van der Waals surface area contributed by atoms with E-state index in [1.807, 2.05) is 37.1 Å². The molecule has 0 saturated carbocycles. The molecule has 1 amide bonds. The molecule has 1 heterocycles. The second kappa shape index (κ2) is 8.80. The lowest BCUT2D eigenvalue weighted by atomic mass is 10.0. The van der Waals surface area contributed by atoms with E-state index in [1.165, 1.54) is 5.56 Å². The van der Waals surface area contributed by atoms with Crippen molar-refractivity contribution in [3.8, 4) is 0 Å². The van der Waals surface area contributed by atoms with Crippen molar-refractivity contribution in [1.82, 2.24) is 15.1 Å². The standard InChI is InChI=1S/C18H27N3O3/c1-14-4-3-5-15(10-14)11-19-17(22)12-21-8-6-16(7-9-21)20(2)13-18(23)24/h3-5,10,16H,6-9,11-13H2,1-2H3,(H,19,22)(H,23,24). The van der Waals surface area contributed by atoms with Crippen molar-refractivity contribution in [3.63, 3.8) is 0 Å². The molecule has 1 aliphatic rings. The summed E-state index contributed by atoms with van der Waals surface area (Å²) in [7, 11) is 1.85. The minimum absolute atomic E-state index is 0.0360. The number of carbonyl (C=O) groups excluding carboxylic acids is 1. The Labute approximate surface area is 143 Å². The van der Waals surface area contributed by atoms with Crippen LogP contribution in [0.3, 0.4) is 0 Å². The van der Waals surface area contributed by atoms with E-state index >= 15 is 0 Å². The second-order valence-corrected chi connectivity index (χ2v) is 6.58. The molecule has 1 aromatic rings. The SMILES string of the molecule is Cc1cccc(CNC(=O)CN2CCC(N(C)CC(=O)O)CC2)c1. The average Bonchev–Trinajstić information content (AvgIpc) is 2.53. The number of benzene rings is 1. The summed E-state index contributed by atoms with van der Waals surface area (Å²) in [4.78, 5) is 26.9. The monoisotopic (exact) mass is 333 g/mol. The predicted molar refractivity (Wildman–Crippen MR) is 92.8 cm³/mol. The molecule has 24 heavy (non-hydrogen) atoms. The molecule has 0 radical (unpaired) electrons. The zero-order valence-electron chi connectivity index (χ0n) is 14.5. The molecule has 2 rings (SSSR count). The topological polar surface area (TPSA) is 72.9 Å². The van der Waals surface area contributed by atoms with Crippen LogP contribution < -0.4 is 5.32 Å². The Balaban J connectivity index is 1.69. The van der Waals surface area contributed by atoms with Crippen molar-refractivity contribution in [2.75, 3.05) is 33.2 Å². The zero-order valence-corrected chi connectivity index (χ0v) is 14.5. The van der Waals surface area contributed by atoms with Crippen LogP contribution in [0.5, 0.6) is 0 Å². The fourth-order valence-electron chi connectivity index (χ4n) is 3.14. The van der Waals surface area contributed by atoms with Gasteiger partial charge in [0.2, 0.25) is 5.91 Å². The Bertz CT molecular complexity index is 568. The van der Waals surface area contributed by atoms with Gasteiger partial charge in [-0.25, -0.2) is 0 Å². The molecule has 132 valence electrons. The molecule has 0 unspecified atom stereocenters. The summed E-state index contributed by atoms with van der Waals surface area (Å²) in [6.45, 7) is 4.72. The number of nitrogens with zero attached hydrogens (tertiary/aromatic N) is 2. The van der Waals surface area contributed by atoms with Gasteiger partial charge in [0.1, 0.15) is 0 Å². The Hall–Kier alpha value is -1.92. The first-order valence-electron chi connectivity index (χ1n) is 8.40. The van der Waals surface area contributed by atoms with Gasteiger partial charge < -0.3 is 10.4 Å². The molecule has 2 N–H and O–H groups in total. The Morgan fingerprint density at radius 3 is 2.67 bits per heavy atom. The van der Waals surface area contributed by atoms with E-state index in [0.717, 1.165) is 31.5 Å². The highest BCUT2D eigenvalue weighted by Gasteiger charge is 2.24. The lowest BCUT2D eigenvalue weighted by molar-refractivity contribution is -0.138. The van der Waals surface area contributed by atoms with Crippen LogP contribution in [0.2, 0.25) is 0 Å². The predicted octanol–water partition coefficient (Wildman–Crippen LogP) is 1.09. The minimum atomic E-state index is -0.796. The summed E-state index contributed by atoms with van der Waals surface area (Å²) < 4.78 is 0. The number of hydrogen-bond acceptors (Lipinski definition) is 4. The number of amides is 1. The van der Waals surface area contributed by atoms with Crippen molar-refractivity contribution < 1.29 is 14.7 Å². The van der Waals surface area contributed by atoms with E-state index in [9.17, 15) is 9.59 Å². The smallest absolute Gasteiger partial charge is 0.317 e. The number of likely N-dealkylation sites (tertiary alicyclic amines) is 1. The van der Waals surface area contributed by atoms with Crippen molar-refractivity contribution in [2.45, 2.75) is 32.4 Å². The van der Waals surface area contributed by atoms with Crippen LogP contribution in [0, 0.1) is 6.92 Å². The van der Waals surface area contributed by atoms with Gasteiger partial charge in [0, 0.05) is 25.7 Å². The largest absolute Gasteiger partial charge is 0.480 e. The van der Waals surface area contributed by atoms with E-state index < -0.39 is 5.97 Å². The number of carboxylic acids is 1. The molecule has 0 bridgehead atoms. The summed E-state index contributed by atoms with van der Waals surface area (Å²) >= 11 is 0. The maximum Gasteiger partial charge on any atom is 0.317 e. The van der Waals surface area contributed by atoms with E-state index in [4.69, 9.17) is 5.11 Å². The van der Waals surface area contributed by atoms with Gasteiger partial charge in [0.05, 0.1) is 13.1 Å². The number of likely N-dealkylation sites (N-methyl/N-ethyl adjacent to an activating group) is 1. The van der Waals surface area contributed by atoms with Gasteiger partial charge in [-0.05, 0) is 32.4 Å². The van der Waals surface area contributed by atoms with Gasteiger partial charge in [-0.1, -0.05) is 29.8 Å². The number of piperidine rings is 1. The summed E-state index contributed by atoms with van der Waals surface area (Å²) in [6.07, 6.45) is 1.80. The number of aliphatic carboxylic acids is 1. The van der Waals surface area contributed by atoms with Crippen LogP contribution >= 0.6 is 0 Å². The molecule has 1 fully saturated rings. The highest BCUT2D eigenvalue weighted by Crippen LogP contribution is 2.15. The van der Waals surface area contributed by atoms with Crippen LogP contribution in [0.4, 0.5) is 0 Å². The molecule has 0 aromatic heterocycles. The van der Waals surface area contributed by atoms with Crippen molar-refractivity contribution in [3.05, 3.63) is 35.4 Å². The number of carbonyl (C=O) groups is 2. The van der Waals surface area contributed by atoms with E-state index in [2.05, 4.69) is 16.3 Å². The van der Waals surface area contributed by atoms with Gasteiger partial charge in [-0.15, -0.1) is 0 Å². The Morgan fingerprint density at radius 1 is 1.33 bits per heavy atom. The van der Waals surface area contributed by atoms with Gasteiger partial charge in [-0.2, -0.15) is 0 Å². The van der Waals surface area contributed by atoms with Crippen molar-refractivity contribution >= 4 is 11.9 Å². The van der Waals surface area contributed by atoms with Crippen LogP contribution in [-0.4, -0.2) is 66.1 Å². The number of rotatable bonds is 7. The van der Waals surface area contributed by atoms with Crippen LogP contribution in [-0.2, 0) is 16.1 Å². The second-order valence-electron chi connectivity index (χ2n) is 6.58. The van der Waals surface area contributed by atoms with Crippen LogP contribution in [0.1, 0.15) is 24.0 Å². The van der Waals surface area contributed by atoms with E-state index in [1.54, 1.807) is 0 Å². The lowest BCUT2D eigenvalue weighted by Crippen LogP contribution is -2.47. The van der Waals surface area contributed by atoms with Crippen LogP contribution in [0.25, 0.3) is 0 Å². The number of nitrogens with one attached hydrogen (secondary N) is 1. The maximum atomic E-state index is 12.1. The normalized spacial score (nSPS) is 16.3. The van der Waals surface area contributed by atoms with Crippen molar-refractivity contribution in [2.24, 2.45) is 0 Å². The van der Waals surface area contributed by atoms with Gasteiger partial charge in [0.25, 0.3) is 0 Å². The average molecular weight is 333 g/mol. The molecular formula is C18H27N3O3. The molecule has 6 heteroatoms. The third-order valence-electron chi connectivity index (χ3n) is 4.50. The fraction of sp³-hybridized carbons (Fsp3) is 0.556. The molecular weight excluding hydrogens is 306 g/mol. The highest BCUT2D eigenvalue weighted by atomic mass is 16.4. The summed E-state index contributed by atoms with van der Waals surface area (Å²) in [5.74, 6) is -0.760. The van der Waals surface area contributed by atoms with Crippen LogP contribution in [0.15, 0.2) is 24.3 Å². The number of aryl methyl sites for hydroxylation is 1. The van der Waals surface area contributed by atoms with E-state index in [0.29, 0.717) is 13.1 Å². The maximum absolute atomic E-state index is 12.1. The quantitative estimate of drug-likeness (QED) is 0.781. The third-order valence-corrected chi connectivity index (χ3v) is 4.50. The molecule has 1 aliphatic heterocycles. The number of hydrogen-bond donors (Lipinski definition) is 2. The molecule has 0 atom stereocenters.